The van der Waals surface area contributed by atoms with Crippen LogP contribution in [-0.4, -0.2) is 12.8 Å². The zero-order chi connectivity index (χ0) is 15.6. The van der Waals surface area contributed by atoms with Crippen molar-refractivity contribution < 1.29 is 9.18 Å². The highest BCUT2D eigenvalue weighted by Gasteiger charge is 2.18. The van der Waals surface area contributed by atoms with Crippen molar-refractivity contribution in [1.29, 1.82) is 0 Å². The van der Waals surface area contributed by atoms with Crippen molar-refractivity contribution in [2.75, 3.05) is 11.9 Å². The van der Waals surface area contributed by atoms with E-state index in [1.165, 1.54) is 13.0 Å². The molecule has 2 nitrogen and oxygen atoms in total. The lowest BCUT2D eigenvalue weighted by Gasteiger charge is -2.28. The first-order chi connectivity index (χ1) is 9.91. The third kappa shape index (κ3) is 3.24. The Morgan fingerprint density at radius 2 is 1.90 bits per heavy atom. The van der Waals surface area contributed by atoms with Crippen molar-refractivity contribution in [3.8, 4) is 0 Å². The summed E-state index contributed by atoms with van der Waals surface area (Å²) in [6.45, 7) is 3.41. The van der Waals surface area contributed by atoms with Gasteiger partial charge in [0.2, 0.25) is 0 Å². The third-order valence-electron chi connectivity index (χ3n) is 3.67. The zero-order valence-electron chi connectivity index (χ0n) is 12.2. The molecule has 2 rings (SSSR count). The first-order valence-corrected chi connectivity index (χ1v) is 7.07. The summed E-state index contributed by atoms with van der Waals surface area (Å²) in [5.41, 5.74) is 1.93. The van der Waals surface area contributed by atoms with Gasteiger partial charge in [0.05, 0.1) is 16.8 Å². The lowest BCUT2D eigenvalue weighted by molar-refractivity contribution is 0.101. The van der Waals surface area contributed by atoms with E-state index in [0.29, 0.717) is 16.1 Å². The van der Waals surface area contributed by atoms with Crippen LogP contribution in [0.2, 0.25) is 5.02 Å². The van der Waals surface area contributed by atoms with Crippen LogP contribution in [0.1, 0.15) is 35.8 Å². The summed E-state index contributed by atoms with van der Waals surface area (Å²) in [5, 5.41) is 0.480. The van der Waals surface area contributed by atoms with E-state index in [1.54, 1.807) is 30.3 Å². The lowest BCUT2D eigenvalue weighted by atomic mass is 10.1. The number of hydrogen-bond donors (Lipinski definition) is 0. The molecule has 0 saturated carbocycles. The van der Waals surface area contributed by atoms with Gasteiger partial charge in [-0.3, -0.25) is 4.79 Å². The van der Waals surface area contributed by atoms with Gasteiger partial charge in [-0.2, -0.15) is 0 Å². The fourth-order valence-electron chi connectivity index (χ4n) is 2.24. The third-order valence-corrected chi connectivity index (χ3v) is 3.97. The van der Waals surface area contributed by atoms with E-state index in [0.717, 1.165) is 5.69 Å². The molecule has 0 N–H and O–H groups in total. The SMILES string of the molecule is CC(=O)c1ccc(N(C)C(C)c2ccccc2F)c(Cl)c1. The Morgan fingerprint density at radius 3 is 2.48 bits per heavy atom. The van der Waals surface area contributed by atoms with Gasteiger partial charge in [-0.15, -0.1) is 0 Å². The van der Waals surface area contributed by atoms with Crippen LogP contribution in [0.4, 0.5) is 10.1 Å². The second-order valence-electron chi connectivity index (χ2n) is 5.03. The summed E-state index contributed by atoms with van der Waals surface area (Å²) < 4.78 is 13.9. The van der Waals surface area contributed by atoms with Crippen LogP contribution in [0, 0.1) is 5.82 Å². The van der Waals surface area contributed by atoms with E-state index < -0.39 is 0 Å². The Kier molecular flexibility index (Phi) is 4.63. The van der Waals surface area contributed by atoms with Gasteiger partial charge in [-0.25, -0.2) is 4.39 Å². The topological polar surface area (TPSA) is 20.3 Å². The molecule has 0 bridgehead atoms. The summed E-state index contributed by atoms with van der Waals surface area (Å²) in [6.07, 6.45) is 0. The molecular formula is C17H17ClFNO. The number of carbonyl (C=O) groups is 1. The van der Waals surface area contributed by atoms with E-state index >= 15 is 0 Å². The molecule has 21 heavy (non-hydrogen) atoms. The van der Waals surface area contributed by atoms with Crippen molar-refractivity contribution in [3.63, 3.8) is 0 Å². The first kappa shape index (κ1) is 15.5. The molecule has 110 valence electrons. The molecule has 0 spiro atoms. The van der Waals surface area contributed by atoms with Gasteiger partial charge >= 0.3 is 0 Å². The molecule has 0 amide bonds. The molecular weight excluding hydrogens is 289 g/mol. The normalized spacial score (nSPS) is 12.0. The van der Waals surface area contributed by atoms with Crippen molar-refractivity contribution in [2.45, 2.75) is 19.9 Å². The Hall–Kier alpha value is -1.87. The minimum Gasteiger partial charge on any atom is -0.367 e. The largest absolute Gasteiger partial charge is 0.367 e. The highest BCUT2D eigenvalue weighted by molar-refractivity contribution is 6.33. The molecule has 0 heterocycles. The van der Waals surface area contributed by atoms with Crippen LogP contribution in [0.25, 0.3) is 0 Å². The van der Waals surface area contributed by atoms with Gasteiger partial charge in [-0.1, -0.05) is 29.8 Å². The number of hydrogen-bond acceptors (Lipinski definition) is 2. The number of carbonyl (C=O) groups excluding carboxylic acids is 1. The average molecular weight is 306 g/mol. The molecule has 0 radical (unpaired) electrons. The Bertz CT molecular complexity index is 672. The summed E-state index contributed by atoms with van der Waals surface area (Å²) >= 11 is 6.25. The fraction of sp³-hybridized carbons (Fsp3) is 0.235. The predicted molar refractivity (Wildman–Crippen MR) is 84.7 cm³/mol. The average Bonchev–Trinajstić information content (AvgIpc) is 2.46. The smallest absolute Gasteiger partial charge is 0.159 e. The van der Waals surface area contributed by atoms with Crippen molar-refractivity contribution >= 4 is 23.1 Å². The molecule has 4 heteroatoms. The van der Waals surface area contributed by atoms with Crippen LogP contribution in [0.15, 0.2) is 42.5 Å². The molecule has 1 unspecified atom stereocenters. The van der Waals surface area contributed by atoms with Gasteiger partial charge < -0.3 is 4.90 Å². The minimum absolute atomic E-state index is 0.0340. The van der Waals surface area contributed by atoms with Crippen molar-refractivity contribution in [2.24, 2.45) is 0 Å². The van der Waals surface area contributed by atoms with Gasteiger partial charge in [0.25, 0.3) is 0 Å². The molecule has 0 aliphatic heterocycles. The van der Waals surface area contributed by atoms with E-state index in [-0.39, 0.29) is 17.6 Å². The number of rotatable bonds is 4. The molecule has 1 atom stereocenters. The number of halogens is 2. The highest BCUT2D eigenvalue weighted by Crippen LogP contribution is 2.32. The Morgan fingerprint density at radius 1 is 1.24 bits per heavy atom. The van der Waals surface area contributed by atoms with E-state index in [2.05, 4.69) is 0 Å². The second-order valence-corrected chi connectivity index (χ2v) is 5.44. The molecule has 0 fully saturated rings. The fourth-order valence-corrected chi connectivity index (χ4v) is 2.56. The van der Waals surface area contributed by atoms with Gasteiger partial charge in [0.1, 0.15) is 5.82 Å². The Balaban J connectivity index is 2.34. The van der Waals surface area contributed by atoms with Gasteiger partial charge in [0, 0.05) is 18.2 Å². The van der Waals surface area contributed by atoms with E-state index in [4.69, 9.17) is 11.6 Å². The van der Waals surface area contributed by atoms with Crippen molar-refractivity contribution in [3.05, 3.63) is 64.4 Å². The highest BCUT2D eigenvalue weighted by atomic mass is 35.5. The van der Waals surface area contributed by atoms with E-state index in [9.17, 15) is 9.18 Å². The summed E-state index contributed by atoms with van der Waals surface area (Å²) in [5.74, 6) is -0.276. The molecule has 0 aliphatic carbocycles. The maximum Gasteiger partial charge on any atom is 0.159 e. The first-order valence-electron chi connectivity index (χ1n) is 6.69. The predicted octanol–water partition coefficient (Wildman–Crippen LogP) is 4.88. The van der Waals surface area contributed by atoms with Crippen LogP contribution in [-0.2, 0) is 0 Å². The zero-order valence-corrected chi connectivity index (χ0v) is 13.0. The Labute approximate surface area is 129 Å². The minimum atomic E-state index is -0.242. The summed E-state index contributed by atoms with van der Waals surface area (Å²) in [7, 11) is 1.85. The molecule has 0 aromatic heterocycles. The van der Waals surface area contributed by atoms with Crippen LogP contribution < -0.4 is 4.90 Å². The standard InChI is InChI=1S/C17H17ClFNO/c1-11(14-6-4-5-7-16(14)19)20(3)17-9-8-13(12(2)21)10-15(17)18/h4-11H,1-3H3. The molecule has 0 aliphatic rings. The molecule has 0 saturated heterocycles. The maximum atomic E-state index is 13.9. The van der Waals surface area contributed by atoms with Gasteiger partial charge in [-0.05, 0) is 38.1 Å². The number of ketones is 1. The number of nitrogens with zero attached hydrogens (tertiary/aromatic N) is 1. The molecule has 2 aromatic carbocycles. The van der Waals surface area contributed by atoms with Crippen LogP contribution in [0.3, 0.4) is 0 Å². The summed E-state index contributed by atoms with van der Waals surface area (Å²) in [4.78, 5) is 13.3. The molecule has 2 aromatic rings. The van der Waals surface area contributed by atoms with Crippen LogP contribution >= 0.6 is 11.6 Å². The quantitative estimate of drug-likeness (QED) is 0.750. The maximum absolute atomic E-state index is 13.9. The van der Waals surface area contributed by atoms with Crippen molar-refractivity contribution in [1.82, 2.24) is 0 Å². The van der Waals surface area contributed by atoms with Gasteiger partial charge in [0.15, 0.2) is 5.78 Å². The second kappa shape index (κ2) is 6.27. The monoisotopic (exact) mass is 305 g/mol. The number of anilines is 1. The number of benzene rings is 2. The van der Waals surface area contributed by atoms with Crippen LogP contribution in [0.5, 0.6) is 0 Å². The number of Topliss-reactive ketones (excluding diaryl/α,β-unsaturated/α-hetero) is 1. The van der Waals surface area contributed by atoms with E-state index in [1.807, 2.05) is 24.9 Å². The lowest BCUT2D eigenvalue weighted by Crippen LogP contribution is -2.22. The summed E-state index contributed by atoms with van der Waals surface area (Å²) in [6, 6.07) is 11.7.